The number of hydrogen-bond acceptors (Lipinski definition) is 3. The summed E-state index contributed by atoms with van der Waals surface area (Å²) in [5.41, 5.74) is 6.01. The molecule has 0 saturated heterocycles. The van der Waals surface area contributed by atoms with Crippen LogP contribution in [0.4, 0.5) is 13.2 Å². The molecule has 1 aromatic heterocycles. The molecule has 1 amide bonds. The molecule has 0 aliphatic carbocycles. The number of hydrogen-bond donors (Lipinski definition) is 2. The number of halogens is 3. The molecule has 1 unspecified atom stereocenters. The second-order valence-electron chi connectivity index (χ2n) is 3.64. The Morgan fingerprint density at radius 1 is 1.65 bits per heavy atom. The second-order valence-corrected chi connectivity index (χ2v) is 3.64. The summed E-state index contributed by atoms with van der Waals surface area (Å²) >= 11 is 0. The highest BCUT2D eigenvalue weighted by Crippen LogP contribution is 2.19. The summed E-state index contributed by atoms with van der Waals surface area (Å²) in [6.07, 6.45) is -3.07. The maximum atomic E-state index is 12.1. The van der Waals surface area contributed by atoms with Crippen LogP contribution in [0, 0.1) is 6.92 Å². The van der Waals surface area contributed by atoms with E-state index < -0.39 is 24.7 Å². The second kappa shape index (κ2) is 4.74. The van der Waals surface area contributed by atoms with Gasteiger partial charge in [0.05, 0.1) is 12.7 Å². The molecule has 1 aromatic rings. The van der Waals surface area contributed by atoms with Gasteiger partial charge in [-0.05, 0) is 6.92 Å². The number of nitrogens with one attached hydrogen (secondary N) is 1. The van der Waals surface area contributed by atoms with E-state index in [2.05, 4.69) is 10.4 Å². The Morgan fingerprint density at radius 3 is 2.59 bits per heavy atom. The molecule has 0 aliphatic rings. The van der Waals surface area contributed by atoms with Crippen molar-refractivity contribution in [2.75, 3.05) is 6.54 Å². The molecule has 0 radical (unpaired) electrons. The maximum Gasteiger partial charge on any atom is 0.401 e. The van der Waals surface area contributed by atoms with Crippen molar-refractivity contribution in [2.45, 2.75) is 19.1 Å². The molecular weight excluding hydrogens is 237 g/mol. The van der Waals surface area contributed by atoms with Gasteiger partial charge in [0.2, 0.25) is 5.91 Å². The average Bonchev–Trinajstić information content (AvgIpc) is 2.47. The number of carbonyl (C=O) groups excluding carboxylic acids is 1. The molecule has 3 N–H and O–H groups in total. The summed E-state index contributed by atoms with van der Waals surface area (Å²) in [6, 6.07) is -1.19. The van der Waals surface area contributed by atoms with E-state index in [0.29, 0.717) is 11.3 Å². The summed E-state index contributed by atoms with van der Waals surface area (Å²) in [4.78, 5) is 11.1. The van der Waals surface area contributed by atoms with Crippen LogP contribution in [-0.4, -0.2) is 28.4 Å². The third kappa shape index (κ3) is 3.45. The smallest absolute Gasteiger partial charge is 0.368 e. The topological polar surface area (TPSA) is 72.9 Å². The van der Waals surface area contributed by atoms with Gasteiger partial charge in [0.15, 0.2) is 0 Å². The van der Waals surface area contributed by atoms with E-state index in [1.807, 2.05) is 0 Å². The number of nitrogens with two attached hydrogens (primary N) is 1. The number of rotatable bonds is 4. The van der Waals surface area contributed by atoms with Gasteiger partial charge in [0, 0.05) is 18.3 Å². The third-order valence-corrected chi connectivity index (χ3v) is 2.38. The maximum absolute atomic E-state index is 12.1. The lowest BCUT2D eigenvalue weighted by Crippen LogP contribution is -2.39. The molecular formula is C9H13F3N4O. The first kappa shape index (κ1) is 13.5. The SMILES string of the molecule is Cc1c(C(NCC(F)(F)F)C(N)=O)cnn1C. The van der Waals surface area contributed by atoms with Gasteiger partial charge in [-0.3, -0.25) is 14.8 Å². The van der Waals surface area contributed by atoms with Crippen molar-refractivity contribution in [1.29, 1.82) is 0 Å². The quantitative estimate of drug-likeness (QED) is 0.812. The number of alkyl halides is 3. The van der Waals surface area contributed by atoms with Gasteiger partial charge in [-0.25, -0.2) is 0 Å². The number of aryl methyl sites for hydroxylation is 1. The van der Waals surface area contributed by atoms with E-state index in [4.69, 9.17) is 5.73 Å². The molecule has 1 heterocycles. The van der Waals surface area contributed by atoms with Crippen molar-refractivity contribution in [3.63, 3.8) is 0 Å². The zero-order valence-corrected chi connectivity index (χ0v) is 9.38. The standard InChI is InChI=1S/C9H13F3N4O/c1-5-6(3-15-16(5)2)7(8(13)17)14-4-9(10,11)12/h3,7,14H,4H2,1-2H3,(H2,13,17). The van der Waals surface area contributed by atoms with Gasteiger partial charge in [0.25, 0.3) is 0 Å². The van der Waals surface area contributed by atoms with E-state index in [9.17, 15) is 18.0 Å². The van der Waals surface area contributed by atoms with Crippen LogP contribution < -0.4 is 11.1 Å². The fourth-order valence-electron chi connectivity index (χ4n) is 1.38. The van der Waals surface area contributed by atoms with Crippen LogP contribution in [0.3, 0.4) is 0 Å². The summed E-state index contributed by atoms with van der Waals surface area (Å²) in [5, 5.41) is 5.93. The molecule has 5 nitrogen and oxygen atoms in total. The zero-order chi connectivity index (χ0) is 13.2. The van der Waals surface area contributed by atoms with E-state index >= 15 is 0 Å². The van der Waals surface area contributed by atoms with Crippen LogP contribution in [0.1, 0.15) is 17.3 Å². The Hall–Kier alpha value is -1.57. The lowest BCUT2D eigenvalue weighted by atomic mass is 10.1. The van der Waals surface area contributed by atoms with Gasteiger partial charge >= 0.3 is 6.18 Å². The molecule has 0 aliphatic heterocycles. The van der Waals surface area contributed by atoms with Gasteiger partial charge in [-0.15, -0.1) is 0 Å². The predicted octanol–water partition coefficient (Wildman–Crippen LogP) is 0.407. The summed E-state index contributed by atoms with van der Waals surface area (Å²) in [6.45, 7) is 0.364. The Kier molecular flexibility index (Phi) is 3.76. The van der Waals surface area contributed by atoms with Gasteiger partial charge in [-0.2, -0.15) is 18.3 Å². The van der Waals surface area contributed by atoms with Crippen molar-refractivity contribution in [3.05, 3.63) is 17.5 Å². The number of aromatic nitrogens is 2. The summed E-state index contributed by atoms with van der Waals surface area (Å²) < 4.78 is 37.7. The van der Waals surface area contributed by atoms with Gasteiger partial charge < -0.3 is 5.73 Å². The normalized spacial score (nSPS) is 13.7. The largest absolute Gasteiger partial charge is 0.401 e. The highest BCUT2D eigenvalue weighted by molar-refractivity contribution is 5.81. The van der Waals surface area contributed by atoms with Crippen molar-refractivity contribution in [1.82, 2.24) is 15.1 Å². The lowest BCUT2D eigenvalue weighted by molar-refractivity contribution is -0.130. The van der Waals surface area contributed by atoms with Crippen LogP contribution in [0.25, 0.3) is 0 Å². The molecule has 0 fully saturated rings. The Bertz CT molecular complexity index is 413. The van der Waals surface area contributed by atoms with Crippen LogP contribution in [0.2, 0.25) is 0 Å². The van der Waals surface area contributed by atoms with E-state index in [-0.39, 0.29) is 0 Å². The molecule has 96 valence electrons. The molecule has 0 saturated carbocycles. The number of carbonyl (C=O) groups is 1. The lowest BCUT2D eigenvalue weighted by Gasteiger charge is -2.16. The van der Waals surface area contributed by atoms with Crippen LogP contribution in [-0.2, 0) is 11.8 Å². The van der Waals surface area contributed by atoms with E-state index in [1.54, 1.807) is 14.0 Å². The number of amides is 1. The molecule has 1 rings (SSSR count). The third-order valence-electron chi connectivity index (χ3n) is 2.38. The molecule has 0 aromatic carbocycles. The minimum absolute atomic E-state index is 0.351. The monoisotopic (exact) mass is 250 g/mol. The zero-order valence-electron chi connectivity index (χ0n) is 9.38. The first-order valence-electron chi connectivity index (χ1n) is 4.80. The highest BCUT2D eigenvalue weighted by atomic mass is 19.4. The van der Waals surface area contributed by atoms with Crippen molar-refractivity contribution < 1.29 is 18.0 Å². The Morgan fingerprint density at radius 2 is 2.24 bits per heavy atom. The summed E-state index contributed by atoms with van der Waals surface area (Å²) in [7, 11) is 1.63. The van der Waals surface area contributed by atoms with E-state index in [1.165, 1.54) is 10.9 Å². The van der Waals surface area contributed by atoms with Gasteiger partial charge in [0.1, 0.15) is 6.04 Å². The molecule has 17 heavy (non-hydrogen) atoms. The van der Waals surface area contributed by atoms with Crippen LogP contribution in [0.5, 0.6) is 0 Å². The van der Waals surface area contributed by atoms with Crippen LogP contribution in [0.15, 0.2) is 6.20 Å². The molecule has 1 atom stereocenters. The fraction of sp³-hybridized carbons (Fsp3) is 0.556. The Balaban J connectivity index is 2.87. The van der Waals surface area contributed by atoms with Crippen molar-refractivity contribution >= 4 is 5.91 Å². The minimum atomic E-state index is -4.40. The van der Waals surface area contributed by atoms with Crippen molar-refractivity contribution in [3.8, 4) is 0 Å². The average molecular weight is 250 g/mol. The fourth-order valence-corrected chi connectivity index (χ4v) is 1.38. The first-order chi connectivity index (χ1) is 7.72. The summed E-state index contributed by atoms with van der Waals surface area (Å²) in [5.74, 6) is -0.870. The first-order valence-corrected chi connectivity index (χ1v) is 4.80. The highest BCUT2D eigenvalue weighted by Gasteiger charge is 2.31. The van der Waals surface area contributed by atoms with Gasteiger partial charge in [-0.1, -0.05) is 0 Å². The number of nitrogens with zero attached hydrogens (tertiary/aromatic N) is 2. The molecule has 0 spiro atoms. The minimum Gasteiger partial charge on any atom is -0.368 e. The van der Waals surface area contributed by atoms with E-state index in [0.717, 1.165) is 0 Å². The predicted molar refractivity (Wildman–Crippen MR) is 53.9 cm³/mol. The molecule has 0 bridgehead atoms. The Labute approximate surface area is 95.8 Å². The van der Waals surface area contributed by atoms with Crippen LogP contribution >= 0.6 is 0 Å². The number of primary amides is 1. The molecule has 8 heteroatoms. The van der Waals surface area contributed by atoms with Crippen molar-refractivity contribution in [2.24, 2.45) is 12.8 Å².